The Bertz CT molecular complexity index is 15.0. The van der Waals surface area contributed by atoms with Crippen molar-refractivity contribution in [1.82, 2.24) is 0 Å². The second-order valence-corrected chi connectivity index (χ2v) is 1.11. The van der Waals surface area contributed by atoms with Gasteiger partial charge in [-0.25, -0.2) is 0 Å². The number of halogens is 1. The van der Waals surface area contributed by atoms with E-state index in [9.17, 15) is 0 Å². The molecular weight excluding hydrogens is 77.9 g/mol. The highest BCUT2D eigenvalue weighted by molar-refractivity contribution is 6.34. The molecule has 0 atom stereocenters. The summed E-state index contributed by atoms with van der Waals surface area (Å²) in [4.78, 5) is 0. The van der Waals surface area contributed by atoms with Crippen molar-refractivity contribution >= 4 is 7.28 Å². The molecule has 0 amide bonds. The SMILES string of the molecule is CC[B]CC.F. The first-order chi connectivity index (χ1) is 2.41. The summed E-state index contributed by atoms with van der Waals surface area (Å²) in [6, 6.07) is 0. The first kappa shape index (κ1) is 9.37. The summed E-state index contributed by atoms with van der Waals surface area (Å²) in [6.07, 6.45) is 2.44. The van der Waals surface area contributed by atoms with Crippen LogP contribution in [0.5, 0.6) is 0 Å². The van der Waals surface area contributed by atoms with E-state index in [2.05, 4.69) is 21.1 Å². The Morgan fingerprint density at radius 3 is 1.50 bits per heavy atom. The van der Waals surface area contributed by atoms with Crippen molar-refractivity contribution in [3.05, 3.63) is 0 Å². The molecule has 0 unspecified atom stereocenters. The second-order valence-electron chi connectivity index (χ2n) is 1.11. The highest BCUT2D eigenvalue weighted by Gasteiger charge is 1.72. The third kappa shape index (κ3) is 9.00. The van der Waals surface area contributed by atoms with Gasteiger partial charge in [-0.1, -0.05) is 26.5 Å². The molecule has 0 aliphatic rings. The standard InChI is InChI=1S/C4H10B.FH/c1-3-5-4-2;/h3-4H2,1-2H3;1H. The lowest BCUT2D eigenvalue weighted by Gasteiger charge is -1.75. The van der Waals surface area contributed by atoms with Crippen molar-refractivity contribution in [3.63, 3.8) is 0 Å². The topological polar surface area (TPSA) is 0 Å². The van der Waals surface area contributed by atoms with Gasteiger partial charge in [-0.2, -0.15) is 0 Å². The quantitative estimate of drug-likeness (QED) is 0.452. The predicted molar refractivity (Wildman–Crippen MR) is 29.2 cm³/mol. The maximum absolute atomic E-state index is 2.25. The summed E-state index contributed by atoms with van der Waals surface area (Å²) in [5.74, 6) is 0. The zero-order valence-corrected chi connectivity index (χ0v) is 4.40. The van der Waals surface area contributed by atoms with Crippen LogP contribution in [0.25, 0.3) is 0 Å². The zero-order valence-electron chi connectivity index (χ0n) is 4.40. The molecule has 0 aromatic heterocycles. The third-order valence-electron chi connectivity index (χ3n) is 0.577. The molecule has 0 N–H and O–H groups in total. The molecule has 0 saturated heterocycles. The molecule has 0 nitrogen and oxygen atoms in total. The van der Waals surface area contributed by atoms with Gasteiger partial charge in [0.15, 0.2) is 0 Å². The summed E-state index contributed by atoms with van der Waals surface area (Å²) in [7, 11) is 2.25. The highest BCUT2D eigenvalue weighted by atomic mass is 19.0. The van der Waals surface area contributed by atoms with E-state index in [1.165, 1.54) is 12.6 Å². The van der Waals surface area contributed by atoms with E-state index in [0.29, 0.717) is 0 Å². The summed E-state index contributed by atoms with van der Waals surface area (Å²) >= 11 is 0. The fraction of sp³-hybridized carbons (Fsp3) is 1.00. The molecule has 37 valence electrons. The molecule has 0 heterocycles. The minimum atomic E-state index is 0. The van der Waals surface area contributed by atoms with Gasteiger partial charge in [-0.05, 0) is 0 Å². The molecule has 0 rings (SSSR count). The van der Waals surface area contributed by atoms with Crippen molar-refractivity contribution in [2.24, 2.45) is 0 Å². The lowest BCUT2D eigenvalue weighted by atomic mass is 9.73. The lowest BCUT2D eigenvalue weighted by Crippen LogP contribution is -1.76. The van der Waals surface area contributed by atoms with Crippen LogP contribution in [0.1, 0.15) is 13.8 Å². The van der Waals surface area contributed by atoms with E-state index in [0.717, 1.165) is 0 Å². The van der Waals surface area contributed by atoms with Crippen LogP contribution in [0.4, 0.5) is 4.70 Å². The van der Waals surface area contributed by atoms with Crippen molar-refractivity contribution in [1.29, 1.82) is 0 Å². The second kappa shape index (κ2) is 8.89. The number of rotatable bonds is 2. The molecule has 0 aliphatic heterocycles. The van der Waals surface area contributed by atoms with Crippen LogP contribution < -0.4 is 0 Å². The van der Waals surface area contributed by atoms with Crippen LogP contribution >= 0.6 is 0 Å². The number of hydrogen-bond donors (Lipinski definition) is 0. The Labute approximate surface area is 39.6 Å². The first-order valence-electron chi connectivity index (χ1n) is 2.23. The van der Waals surface area contributed by atoms with Crippen LogP contribution in [0.3, 0.4) is 0 Å². The molecule has 6 heavy (non-hydrogen) atoms. The number of hydrogen-bond acceptors (Lipinski definition) is 0. The smallest absolute Gasteiger partial charge is 0.108 e. The Hall–Kier alpha value is -0.00506. The van der Waals surface area contributed by atoms with E-state index in [4.69, 9.17) is 0 Å². The fourth-order valence-electron chi connectivity index (χ4n) is 0.289. The van der Waals surface area contributed by atoms with Gasteiger partial charge < -0.3 is 0 Å². The Morgan fingerprint density at radius 1 is 1.17 bits per heavy atom. The van der Waals surface area contributed by atoms with E-state index in [1.54, 1.807) is 0 Å². The van der Waals surface area contributed by atoms with E-state index >= 15 is 0 Å². The van der Waals surface area contributed by atoms with Crippen molar-refractivity contribution < 1.29 is 4.70 Å². The largest absolute Gasteiger partial charge is 0.269 e. The van der Waals surface area contributed by atoms with E-state index in [-0.39, 0.29) is 4.70 Å². The molecule has 1 radical (unpaired) electrons. The monoisotopic (exact) mass is 89.1 g/mol. The van der Waals surface area contributed by atoms with Crippen molar-refractivity contribution in [3.8, 4) is 0 Å². The van der Waals surface area contributed by atoms with Gasteiger partial charge in [-0.15, -0.1) is 0 Å². The minimum absolute atomic E-state index is 0. The Kier molecular flexibility index (Phi) is 13.9. The molecule has 0 spiro atoms. The summed E-state index contributed by atoms with van der Waals surface area (Å²) in [5.41, 5.74) is 0. The summed E-state index contributed by atoms with van der Waals surface area (Å²) in [6.45, 7) is 4.31. The van der Waals surface area contributed by atoms with Crippen LogP contribution in [-0.2, 0) is 0 Å². The highest BCUT2D eigenvalue weighted by Crippen LogP contribution is 1.77. The van der Waals surface area contributed by atoms with Gasteiger partial charge in [0.25, 0.3) is 0 Å². The molecule has 0 aliphatic carbocycles. The van der Waals surface area contributed by atoms with Crippen LogP contribution in [0.2, 0.25) is 12.6 Å². The van der Waals surface area contributed by atoms with Gasteiger partial charge >= 0.3 is 0 Å². The van der Waals surface area contributed by atoms with E-state index in [1.807, 2.05) is 0 Å². The zero-order chi connectivity index (χ0) is 4.12. The van der Waals surface area contributed by atoms with E-state index < -0.39 is 0 Å². The normalized spacial score (nSPS) is 6.33. The Morgan fingerprint density at radius 2 is 1.50 bits per heavy atom. The average Bonchev–Trinajstić information content (AvgIpc) is 1.41. The van der Waals surface area contributed by atoms with Crippen LogP contribution in [0, 0.1) is 0 Å². The van der Waals surface area contributed by atoms with Crippen molar-refractivity contribution in [2.75, 3.05) is 0 Å². The fourth-order valence-corrected chi connectivity index (χ4v) is 0.289. The average molecular weight is 88.9 g/mol. The molecule has 0 aromatic carbocycles. The molecule has 0 fully saturated rings. The van der Waals surface area contributed by atoms with Gasteiger partial charge in [0.1, 0.15) is 7.28 Å². The molecule has 0 aromatic rings. The molecule has 2 heteroatoms. The van der Waals surface area contributed by atoms with Crippen LogP contribution in [0.15, 0.2) is 0 Å². The van der Waals surface area contributed by atoms with Gasteiger partial charge in [-0.3, -0.25) is 4.70 Å². The molecular formula is C4H11BF. The molecule has 0 bridgehead atoms. The predicted octanol–water partition coefficient (Wildman–Crippen LogP) is 1.72. The summed E-state index contributed by atoms with van der Waals surface area (Å²) < 4.78 is 0. The van der Waals surface area contributed by atoms with Gasteiger partial charge in [0.05, 0.1) is 0 Å². The maximum atomic E-state index is 2.25. The lowest BCUT2D eigenvalue weighted by molar-refractivity contribution is 1.11. The first-order valence-corrected chi connectivity index (χ1v) is 2.23. The maximum Gasteiger partial charge on any atom is 0.108 e. The third-order valence-corrected chi connectivity index (χ3v) is 0.577. The molecule has 0 saturated carbocycles. The minimum Gasteiger partial charge on any atom is -0.269 e. The Balaban J connectivity index is 0. The van der Waals surface area contributed by atoms with Crippen molar-refractivity contribution in [2.45, 2.75) is 26.5 Å². The van der Waals surface area contributed by atoms with Crippen LogP contribution in [-0.4, -0.2) is 7.28 Å². The van der Waals surface area contributed by atoms with Gasteiger partial charge in [0.2, 0.25) is 0 Å². The van der Waals surface area contributed by atoms with Gasteiger partial charge in [0, 0.05) is 0 Å². The summed E-state index contributed by atoms with van der Waals surface area (Å²) in [5, 5.41) is 0.